The highest BCUT2D eigenvalue weighted by Gasteiger charge is 2.12. The summed E-state index contributed by atoms with van der Waals surface area (Å²) in [5, 5.41) is 14.7. The zero-order chi connectivity index (χ0) is 19.8. The van der Waals surface area contributed by atoms with E-state index in [4.69, 9.17) is 10.00 Å². The lowest BCUT2D eigenvalue weighted by Crippen LogP contribution is -2.41. The molecule has 0 radical (unpaired) electrons. The van der Waals surface area contributed by atoms with E-state index < -0.39 is 0 Å². The van der Waals surface area contributed by atoms with Gasteiger partial charge >= 0.3 is 0 Å². The number of carbonyl (C=O) groups is 2. The predicted octanol–water partition coefficient (Wildman–Crippen LogP) is 1.87. The summed E-state index contributed by atoms with van der Waals surface area (Å²) in [4.78, 5) is 26.9. The minimum atomic E-state index is -0.332. The van der Waals surface area contributed by atoms with Crippen LogP contribution in [0.3, 0.4) is 0 Å². The van der Waals surface area contributed by atoms with Crippen molar-refractivity contribution in [3.05, 3.63) is 65.2 Å². The number of hydrogen-bond donors (Lipinski definition) is 2. The van der Waals surface area contributed by atoms with Gasteiger partial charge in [-0.1, -0.05) is 12.1 Å². The molecule has 0 spiro atoms. The molecule has 0 atom stereocenters. The number of amides is 2. The van der Waals surface area contributed by atoms with E-state index >= 15 is 0 Å². The lowest BCUT2D eigenvalue weighted by Gasteiger charge is -2.26. The Kier molecular flexibility index (Phi) is 6.73. The highest BCUT2D eigenvalue weighted by Crippen LogP contribution is 2.15. The van der Waals surface area contributed by atoms with Crippen molar-refractivity contribution in [2.75, 3.05) is 44.7 Å². The van der Waals surface area contributed by atoms with Crippen molar-refractivity contribution in [1.82, 2.24) is 10.2 Å². The molecule has 0 aliphatic carbocycles. The van der Waals surface area contributed by atoms with Crippen molar-refractivity contribution >= 4 is 17.5 Å². The number of hydrogen-bond acceptors (Lipinski definition) is 5. The molecule has 2 N–H and O–H groups in total. The molecule has 2 amide bonds. The number of nitrogens with zero attached hydrogens (tertiary/aromatic N) is 2. The van der Waals surface area contributed by atoms with Crippen molar-refractivity contribution in [2.24, 2.45) is 0 Å². The predicted molar refractivity (Wildman–Crippen MR) is 105 cm³/mol. The first-order valence-electron chi connectivity index (χ1n) is 9.16. The van der Waals surface area contributed by atoms with Crippen LogP contribution < -0.4 is 10.6 Å². The second-order valence-electron chi connectivity index (χ2n) is 6.40. The summed E-state index contributed by atoms with van der Waals surface area (Å²) in [5.74, 6) is -0.503. The molecular weight excluding hydrogens is 356 g/mol. The Labute approximate surface area is 163 Å². The average molecular weight is 378 g/mol. The molecule has 7 nitrogen and oxygen atoms in total. The fourth-order valence-corrected chi connectivity index (χ4v) is 2.91. The van der Waals surface area contributed by atoms with Gasteiger partial charge in [-0.25, -0.2) is 0 Å². The molecule has 0 unspecified atom stereocenters. The van der Waals surface area contributed by atoms with Crippen LogP contribution in [0.15, 0.2) is 48.5 Å². The van der Waals surface area contributed by atoms with Crippen molar-refractivity contribution in [3.63, 3.8) is 0 Å². The van der Waals surface area contributed by atoms with Crippen molar-refractivity contribution < 1.29 is 14.3 Å². The third-order valence-corrected chi connectivity index (χ3v) is 4.52. The molecule has 3 rings (SSSR count). The molecule has 2 aromatic rings. The van der Waals surface area contributed by atoms with Gasteiger partial charge in [0.15, 0.2) is 0 Å². The van der Waals surface area contributed by atoms with Gasteiger partial charge in [-0.2, -0.15) is 5.26 Å². The van der Waals surface area contributed by atoms with Gasteiger partial charge in [0.1, 0.15) is 6.07 Å². The van der Waals surface area contributed by atoms with Crippen LogP contribution in [0, 0.1) is 11.3 Å². The van der Waals surface area contributed by atoms with Gasteiger partial charge in [0.2, 0.25) is 0 Å². The normalized spacial score (nSPS) is 14.1. The first kappa shape index (κ1) is 19.5. The fraction of sp³-hybridized carbons (Fsp3) is 0.286. The van der Waals surface area contributed by atoms with Gasteiger partial charge in [0.25, 0.3) is 11.8 Å². The zero-order valence-corrected chi connectivity index (χ0v) is 15.5. The molecule has 28 heavy (non-hydrogen) atoms. The van der Waals surface area contributed by atoms with Crippen molar-refractivity contribution in [3.8, 4) is 6.07 Å². The summed E-state index contributed by atoms with van der Waals surface area (Å²) in [6.45, 7) is 4.58. The second kappa shape index (κ2) is 9.65. The molecule has 2 aromatic carbocycles. The summed E-state index contributed by atoms with van der Waals surface area (Å²) >= 11 is 0. The van der Waals surface area contributed by atoms with Crippen molar-refractivity contribution in [2.45, 2.75) is 0 Å². The Morgan fingerprint density at radius 3 is 2.32 bits per heavy atom. The molecule has 1 aliphatic heterocycles. The summed E-state index contributed by atoms with van der Waals surface area (Å²) in [7, 11) is 0. The topological polar surface area (TPSA) is 94.5 Å². The third kappa shape index (κ3) is 5.16. The number of morpholine rings is 1. The Hall–Kier alpha value is -3.21. The molecule has 144 valence electrons. The highest BCUT2D eigenvalue weighted by molar-refractivity contribution is 6.05. The third-order valence-electron chi connectivity index (χ3n) is 4.52. The molecule has 1 aliphatic rings. The summed E-state index contributed by atoms with van der Waals surface area (Å²) in [5.41, 5.74) is 1.76. The first-order valence-corrected chi connectivity index (χ1v) is 9.16. The van der Waals surface area contributed by atoms with E-state index in [-0.39, 0.29) is 11.8 Å². The van der Waals surface area contributed by atoms with Crippen LogP contribution >= 0.6 is 0 Å². The number of benzene rings is 2. The minimum absolute atomic E-state index is 0.171. The summed E-state index contributed by atoms with van der Waals surface area (Å²) in [6, 6.07) is 15.3. The molecule has 7 heteroatoms. The van der Waals surface area contributed by atoms with E-state index in [2.05, 4.69) is 15.5 Å². The van der Waals surface area contributed by atoms with Crippen LogP contribution in [0.2, 0.25) is 0 Å². The monoisotopic (exact) mass is 378 g/mol. The maximum Gasteiger partial charge on any atom is 0.255 e. The zero-order valence-electron chi connectivity index (χ0n) is 15.5. The van der Waals surface area contributed by atoms with E-state index in [1.807, 2.05) is 6.07 Å². The number of ether oxygens (including phenoxy) is 1. The van der Waals surface area contributed by atoms with E-state index in [1.54, 1.807) is 48.5 Å². The fourth-order valence-electron chi connectivity index (χ4n) is 2.91. The summed E-state index contributed by atoms with van der Waals surface area (Å²) in [6.07, 6.45) is 0. The van der Waals surface area contributed by atoms with Crippen LogP contribution in [0.25, 0.3) is 0 Å². The van der Waals surface area contributed by atoms with E-state index in [1.165, 1.54) is 0 Å². The van der Waals surface area contributed by atoms with E-state index in [0.29, 0.717) is 28.9 Å². The van der Waals surface area contributed by atoms with Gasteiger partial charge in [0.05, 0.1) is 24.5 Å². The molecule has 1 saturated heterocycles. The van der Waals surface area contributed by atoms with Gasteiger partial charge < -0.3 is 15.4 Å². The molecule has 1 fully saturated rings. The van der Waals surface area contributed by atoms with Crippen LogP contribution in [0.5, 0.6) is 0 Å². The molecule has 0 saturated carbocycles. The highest BCUT2D eigenvalue weighted by atomic mass is 16.5. The van der Waals surface area contributed by atoms with Crippen LogP contribution in [0.1, 0.15) is 26.3 Å². The number of para-hydroxylation sites is 1. The Morgan fingerprint density at radius 1 is 1.00 bits per heavy atom. The van der Waals surface area contributed by atoms with Crippen molar-refractivity contribution in [1.29, 1.82) is 5.26 Å². The van der Waals surface area contributed by atoms with Crippen LogP contribution in [-0.2, 0) is 4.74 Å². The second-order valence-corrected chi connectivity index (χ2v) is 6.40. The summed E-state index contributed by atoms with van der Waals surface area (Å²) < 4.78 is 5.30. The number of anilines is 1. The minimum Gasteiger partial charge on any atom is -0.379 e. The maximum atomic E-state index is 12.4. The van der Waals surface area contributed by atoms with Crippen LogP contribution in [-0.4, -0.2) is 56.1 Å². The largest absolute Gasteiger partial charge is 0.379 e. The Balaban J connectivity index is 1.53. The maximum absolute atomic E-state index is 12.4. The molecule has 1 heterocycles. The van der Waals surface area contributed by atoms with Gasteiger partial charge in [0, 0.05) is 37.3 Å². The number of nitriles is 1. The SMILES string of the molecule is N#Cc1ccccc1NC(=O)c1ccc(C(=O)NCCN2CCOCC2)cc1. The Bertz CT molecular complexity index is 868. The molecule has 0 bridgehead atoms. The first-order chi connectivity index (χ1) is 13.7. The van der Waals surface area contributed by atoms with Gasteiger partial charge in [-0.15, -0.1) is 0 Å². The lowest BCUT2D eigenvalue weighted by molar-refractivity contribution is 0.0383. The quantitative estimate of drug-likeness (QED) is 0.800. The molecule has 0 aromatic heterocycles. The average Bonchev–Trinajstić information content (AvgIpc) is 2.75. The van der Waals surface area contributed by atoms with Gasteiger partial charge in [-0.3, -0.25) is 14.5 Å². The van der Waals surface area contributed by atoms with Gasteiger partial charge in [-0.05, 0) is 36.4 Å². The van der Waals surface area contributed by atoms with Crippen LogP contribution in [0.4, 0.5) is 5.69 Å². The standard InChI is InChI=1S/C21H22N4O3/c22-15-18-3-1-2-4-19(18)24-21(27)17-7-5-16(6-8-17)20(26)23-9-10-25-11-13-28-14-12-25/h1-8H,9-14H2,(H,23,26)(H,24,27). The number of nitrogens with one attached hydrogen (secondary N) is 2. The number of rotatable bonds is 6. The number of carbonyl (C=O) groups excluding carboxylic acids is 2. The van der Waals surface area contributed by atoms with E-state index in [9.17, 15) is 9.59 Å². The Morgan fingerprint density at radius 2 is 1.64 bits per heavy atom. The smallest absolute Gasteiger partial charge is 0.255 e. The lowest BCUT2D eigenvalue weighted by atomic mass is 10.1. The molecular formula is C21H22N4O3. The van der Waals surface area contributed by atoms with E-state index in [0.717, 1.165) is 32.8 Å².